The molecule has 1 heterocycles. The van der Waals surface area contributed by atoms with Crippen molar-refractivity contribution in [2.45, 2.75) is 51.6 Å². The van der Waals surface area contributed by atoms with Crippen molar-refractivity contribution >= 4 is 0 Å². The van der Waals surface area contributed by atoms with Crippen LogP contribution in [0, 0.1) is 0 Å². The quantitative estimate of drug-likeness (QED) is 0.895. The maximum absolute atomic E-state index is 3.72. The molecule has 1 unspecified atom stereocenters. The normalized spacial score (nSPS) is 27.4. The van der Waals surface area contributed by atoms with Crippen LogP contribution in [0.4, 0.5) is 0 Å². The lowest BCUT2D eigenvalue weighted by molar-refractivity contribution is 0.0323. The van der Waals surface area contributed by atoms with E-state index in [1.54, 1.807) is 0 Å². The van der Waals surface area contributed by atoms with Gasteiger partial charge in [-0.2, -0.15) is 0 Å². The van der Waals surface area contributed by atoms with Gasteiger partial charge < -0.3 is 5.32 Å². The Kier molecular flexibility index (Phi) is 4.32. The van der Waals surface area contributed by atoms with Gasteiger partial charge in [0.1, 0.15) is 0 Å². The molecule has 2 nitrogen and oxygen atoms in total. The lowest BCUT2D eigenvalue weighted by Gasteiger charge is -2.51. The standard InChI is InChI=1S/C17H28N2/c1-5-17(4)14-19(16(2,3)13-18-17)12-11-15-9-7-6-8-10-15/h6-10,18H,5,11-14H2,1-4H3. The van der Waals surface area contributed by atoms with Crippen LogP contribution in [0.2, 0.25) is 0 Å². The molecule has 1 aliphatic heterocycles. The van der Waals surface area contributed by atoms with Crippen molar-refractivity contribution in [2.24, 2.45) is 0 Å². The number of hydrogen-bond donors (Lipinski definition) is 1. The third kappa shape index (κ3) is 3.58. The Morgan fingerprint density at radius 3 is 2.47 bits per heavy atom. The number of nitrogens with zero attached hydrogens (tertiary/aromatic N) is 1. The largest absolute Gasteiger partial charge is 0.308 e. The van der Waals surface area contributed by atoms with Crippen molar-refractivity contribution in [3.8, 4) is 0 Å². The summed E-state index contributed by atoms with van der Waals surface area (Å²) in [7, 11) is 0. The summed E-state index contributed by atoms with van der Waals surface area (Å²) in [5, 5.41) is 3.72. The zero-order chi connectivity index (χ0) is 13.9. The molecule has 1 atom stereocenters. The molecular formula is C17H28N2. The van der Waals surface area contributed by atoms with Gasteiger partial charge in [0.2, 0.25) is 0 Å². The van der Waals surface area contributed by atoms with Crippen LogP contribution in [0.5, 0.6) is 0 Å². The molecule has 0 spiro atoms. The lowest BCUT2D eigenvalue weighted by Crippen LogP contribution is -2.67. The van der Waals surface area contributed by atoms with Gasteiger partial charge in [-0.05, 0) is 39.2 Å². The number of benzene rings is 1. The number of piperazine rings is 1. The Labute approximate surface area is 118 Å². The molecule has 1 fully saturated rings. The maximum Gasteiger partial charge on any atom is 0.0278 e. The first-order chi connectivity index (χ1) is 8.95. The van der Waals surface area contributed by atoms with Crippen LogP contribution in [0.15, 0.2) is 30.3 Å². The van der Waals surface area contributed by atoms with Crippen LogP contribution in [-0.2, 0) is 6.42 Å². The molecule has 1 aliphatic rings. The second-order valence-corrected chi connectivity index (χ2v) is 6.74. The third-order valence-corrected chi connectivity index (χ3v) is 4.64. The van der Waals surface area contributed by atoms with E-state index >= 15 is 0 Å². The van der Waals surface area contributed by atoms with Gasteiger partial charge in [0, 0.05) is 30.7 Å². The highest BCUT2D eigenvalue weighted by atomic mass is 15.3. The van der Waals surface area contributed by atoms with E-state index in [-0.39, 0.29) is 11.1 Å². The SMILES string of the molecule is CCC1(C)CN(CCc2ccccc2)C(C)(C)CN1. The van der Waals surface area contributed by atoms with Gasteiger partial charge in [0.05, 0.1) is 0 Å². The fourth-order valence-corrected chi connectivity index (χ4v) is 2.76. The molecule has 1 aromatic carbocycles. The predicted molar refractivity (Wildman–Crippen MR) is 82.5 cm³/mol. The maximum atomic E-state index is 3.72. The highest BCUT2D eigenvalue weighted by Gasteiger charge is 2.38. The van der Waals surface area contributed by atoms with Gasteiger partial charge in [-0.3, -0.25) is 4.90 Å². The van der Waals surface area contributed by atoms with Crippen LogP contribution in [0.3, 0.4) is 0 Å². The van der Waals surface area contributed by atoms with E-state index in [2.05, 4.69) is 68.2 Å². The monoisotopic (exact) mass is 260 g/mol. The topological polar surface area (TPSA) is 15.3 Å². The highest BCUT2D eigenvalue weighted by Crippen LogP contribution is 2.25. The zero-order valence-corrected chi connectivity index (χ0v) is 12.9. The summed E-state index contributed by atoms with van der Waals surface area (Å²) in [4.78, 5) is 2.65. The van der Waals surface area contributed by atoms with Crippen molar-refractivity contribution in [2.75, 3.05) is 19.6 Å². The molecule has 0 saturated carbocycles. The minimum Gasteiger partial charge on any atom is -0.308 e. The molecule has 1 aromatic rings. The van der Waals surface area contributed by atoms with Crippen molar-refractivity contribution < 1.29 is 0 Å². The van der Waals surface area contributed by atoms with E-state index in [0.29, 0.717) is 0 Å². The fraction of sp³-hybridized carbons (Fsp3) is 0.647. The molecule has 0 bridgehead atoms. The third-order valence-electron chi connectivity index (χ3n) is 4.64. The first-order valence-electron chi connectivity index (χ1n) is 7.49. The summed E-state index contributed by atoms with van der Waals surface area (Å²) in [5.41, 5.74) is 1.96. The predicted octanol–water partition coefficient (Wildman–Crippen LogP) is 3.08. The molecule has 2 heteroatoms. The smallest absolute Gasteiger partial charge is 0.0278 e. The summed E-state index contributed by atoms with van der Waals surface area (Å²) < 4.78 is 0. The van der Waals surface area contributed by atoms with Gasteiger partial charge in [-0.25, -0.2) is 0 Å². The average Bonchev–Trinajstić information content (AvgIpc) is 2.41. The van der Waals surface area contributed by atoms with Gasteiger partial charge in [-0.15, -0.1) is 0 Å². The summed E-state index contributed by atoms with van der Waals surface area (Å²) >= 11 is 0. The van der Waals surface area contributed by atoms with E-state index in [4.69, 9.17) is 0 Å². The summed E-state index contributed by atoms with van der Waals surface area (Å²) in [6, 6.07) is 10.8. The van der Waals surface area contributed by atoms with Gasteiger partial charge in [-0.1, -0.05) is 37.3 Å². The molecule has 0 aliphatic carbocycles. The Balaban J connectivity index is 2.00. The molecule has 1 N–H and O–H groups in total. The Morgan fingerprint density at radius 2 is 1.84 bits per heavy atom. The van der Waals surface area contributed by atoms with Crippen LogP contribution >= 0.6 is 0 Å². The highest BCUT2D eigenvalue weighted by molar-refractivity contribution is 5.15. The van der Waals surface area contributed by atoms with Crippen LogP contribution < -0.4 is 5.32 Å². The second kappa shape index (κ2) is 5.64. The van der Waals surface area contributed by atoms with Crippen LogP contribution in [-0.4, -0.2) is 35.6 Å². The Morgan fingerprint density at radius 1 is 1.16 bits per heavy atom. The van der Waals surface area contributed by atoms with Crippen molar-refractivity contribution in [3.63, 3.8) is 0 Å². The Bertz CT molecular complexity index is 399. The Hall–Kier alpha value is -0.860. The molecule has 0 aromatic heterocycles. The van der Waals surface area contributed by atoms with E-state index in [9.17, 15) is 0 Å². The minimum absolute atomic E-state index is 0.253. The van der Waals surface area contributed by atoms with Crippen LogP contribution in [0.1, 0.15) is 39.7 Å². The van der Waals surface area contributed by atoms with Gasteiger partial charge >= 0.3 is 0 Å². The van der Waals surface area contributed by atoms with E-state index in [1.165, 1.54) is 12.0 Å². The van der Waals surface area contributed by atoms with Crippen molar-refractivity contribution in [3.05, 3.63) is 35.9 Å². The van der Waals surface area contributed by atoms with Crippen molar-refractivity contribution in [1.29, 1.82) is 0 Å². The zero-order valence-electron chi connectivity index (χ0n) is 12.9. The summed E-state index contributed by atoms with van der Waals surface area (Å²) in [6.07, 6.45) is 2.33. The fourth-order valence-electron chi connectivity index (χ4n) is 2.76. The lowest BCUT2D eigenvalue weighted by atomic mass is 9.88. The van der Waals surface area contributed by atoms with E-state index in [1.807, 2.05) is 0 Å². The van der Waals surface area contributed by atoms with Crippen LogP contribution in [0.25, 0.3) is 0 Å². The molecule has 0 radical (unpaired) electrons. The average molecular weight is 260 g/mol. The first-order valence-corrected chi connectivity index (χ1v) is 7.49. The van der Waals surface area contributed by atoms with Gasteiger partial charge in [0.15, 0.2) is 0 Å². The molecule has 0 amide bonds. The number of hydrogen-bond acceptors (Lipinski definition) is 2. The molecule has 19 heavy (non-hydrogen) atoms. The molecule has 1 saturated heterocycles. The number of nitrogens with one attached hydrogen (secondary N) is 1. The molecule has 2 rings (SSSR count). The second-order valence-electron chi connectivity index (χ2n) is 6.74. The molecular weight excluding hydrogens is 232 g/mol. The van der Waals surface area contributed by atoms with Gasteiger partial charge in [0.25, 0.3) is 0 Å². The summed E-state index contributed by atoms with van der Waals surface area (Å²) in [5.74, 6) is 0. The summed E-state index contributed by atoms with van der Waals surface area (Å²) in [6.45, 7) is 12.7. The van der Waals surface area contributed by atoms with Crippen molar-refractivity contribution in [1.82, 2.24) is 10.2 Å². The molecule has 106 valence electrons. The van der Waals surface area contributed by atoms with E-state index < -0.39 is 0 Å². The van der Waals surface area contributed by atoms with E-state index in [0.717, 1.165) is 26.1 Å². The first kappa shape index (κ1) is 14.5. The minimum atomic E-state index is 0.253. The number of rotatable bonds is 4.